The summed E-state index contributed by atoms with van der Waals surface area (Å²) in [6.07, 6.45) is 3.33. The van der Waals surface area contributed by atoms with Crippen LogP contribution in [0.2, 0.25) is 0 Å². The molecule has 0 N–H and O–H groups in total. The van der Waals surface area contributed by atoms with Crippen molar-refractivity contribution in [3.63, 3.8) is 0 Å². The minimum absolute atomic E-state index is 0.230. The molecule has 0 atom stereocenters. The van der Waals surface area contributed by atoms with Gasteiger partial charge in [0.2, 0.25) is 0 Å². The van der Waals surface area contributed by atoms with E-state index in [9.17, 15) is 4.79 Å². The fourth-order valence-electron chi connectivity index (χ4n) is 1.14. The van der Waals surface area contributed by atoms with E-state index in [1.165, 1.54) is 0 Å². The van der Waals surface area contributed by atoms with Crippen molar-refractivity contribution in [3.05, 3.63) is 12.7 Å². The quantitative estimate of drug-likeness (QED) is 0.656. The molecule has 0 bridgehead atoms. The van der Waals surface area contributed by atoms with E-state index in [-0.39, 0.29) is 6.09 Å². The van der Waals surface area contributed by atoms with Gasteiger partial charge in [-0.1, -0.05) is 13.0 Å². The molecule has 1 amide bonds. The first-order valence-corrected chi connectivity index (χ1v) is 5.49. The maximum Gasteiger partial charge on any atom is 0.410 e. The van der Waals surface area contributed by atoms with Gasteiger partial charge in [0.25, 0.3) is 0 Å². The molecular weight excluding hydrogens is 190 g/mol. The lowest BCUT2D eigenvalue weighted by Crippen LogP contribution is -2.37. The van der Waals surface area contributed by atoms with Crippen molar-refractivity contribution < 1.29 is 9.53 Å². The van der Waals surface area contributed by atoms with Crippen LogP contribution in [0.15, 0.2) is 12.7 Å². The Bertz CT molecular complexity index is 206. The van der Waals surface area contributed by atoms with Crippen molar-refractivity contribution >= 4 is 6.09 Å². The third-order valence-electron chi connectivity index (χ3n) is 1.75. The van der Waals surface area contributed by atoms with E-state index in [4.69, 9.17) is 4.74 Å². The number of amides is 1. The predicted molar refractivity (Wildman–Crippen MR) is 62.9 cm³/mol. The van der Waals surface area contributed by atoms with E-state index in [1.807, 2.05) is 33.8 Å². The monoisotopic (exact) mass is 213 g/mol. The molecule has 0 aliphatic rings. The van der Waals surface area contributed by atoms with Gasteiger partial charge in [-0.15, -0.1) is 6.58 Å². The number of ether oxygens (including phenoxy) is 1. The van der Waals surface area contributed by atoms with Gasteiger partial charge >= 0.3 is 6.09 Å². The molecule has 15 heavy (non-hydrogen) atoms. The third-order valence-corrected chi connectivity index (χ3v) is 1.75. The second-order valence-corrected chi connectivity index (χ2v) is 4.54. The van der Waals surface area contributed by atoms with E-state index in [2.05, 4.69) is 6.58 Å². The number of nitrogens with zero attached hydrogens (tertiary/aromatic N) is 1. The van der Waals surface area contributed by atoms with Crippen LogP contribution in [0.3, 0.4) is 0 Å². The third kappa shape index (κ3) is 7.00. The normalized spacial score (nSPS) is 10.9. The summed E-state index contributed by atoms with van der Waals surface area (Å²) in [5.74, 6) is 0. The maximum absolute atomic E-state index is 11.7. The van der Waals surface area contributed by atoms with Gasteiger partial charge in [0.1, 0.15) is 5.60 Å². The topological polar surface area (TPSA) is 29.5 Å². The van der Waals surface area contributed by atoms with Crippen molar-refractivity contribution in [2.75, 3.05) is 13.1 Å². The van der Waals surface area contributed by atoms with Crippen LogP contribution in [-0.2, 0) is 4.74 Å². The first kappa shape index (κ1) is 14.0. The summed E-state index contributed by atoms with van der Waals surface area (Å²) in [6.45, 7) is 12.8. The smallest absolute Gasteiger partial charge is 0.410 e. The van der Waals surface area contributed by atoms with Gasteiger partial charge in [0.15, 0.2) is 0 Å². The zero-order chi connectivity index (χ0) is 11.9. The molecule has 3 heteroatoms. The Morgan fingerprint density at radius 1 is 1.40 bits per heavy atom. The highest BCUT2D eigenvalue weighted by atomic mass is 16.6. The largest absolute Gasteiger partial charge is 0.444 e. The SMILES string of the molecule is C=CCCN(CCC)C(=O)OC(C)(C)C. The zero-order valence-corrected chi connectivity index (χ0v) is 10.4. The molecule has 0 fully saturated rings. The molecule has 3 nitrogen and oxygen atoms in total. The maximum atomic E-state index is 11.7. The molecule has 0 aromatic rings. The summed E-state index contributed by atoms with van der Waals surface area (Å²) < 4.78 is 5.30. The number of rotatable bonds is 5. The van der Waals surface area contributed by atoms with Gasteiger partial charge in [-0.3, -0.25) is 0 Å². The molecule has 0 saturated heterocycles. The second kappa shape index (κ2) is 6.49. The van der Waals surface area contributed by atoms with E-state index in [0.717, 1.165) is 19.4 Å². The number of hydrogen-bond acceptors (Lipinski definition) is 2. The van der Waals surface area contributed by atoms with E-state index >= 15 is 0 Å². The molecule has 88 valence electrons. The summed E-state index contributed by atoms with van der Waals surface area (Å²) in [5.41, 5.74) is -0.419. The molecule has 0 aliphatic carbocycles. The average molecular weight is 213 g/mol. The van der Waals surface area contributed by atoms with Crippen LogP contribution in [0.4, 0.5) is 4.79 Å². The van der Waals surface area contributed by atoms with Crippen molar-refractivity contribution in [1.29, 1.82) is 0 Å². The number of hydrogen-bond donors (Lipinski definition) is 0. The van der Waals surface area contributed by atoms with Gasteiger partial charge in [0, 0.05) is 13.1 Å². The Morgan fingerprint density at radius 2 is 2.00 bits per heavy atom. The predicted octanol–water partition coefficient (Wildman–Crippen LogP) is 3.21. The summed E-state index contributed by atoms with van der Waals surface area (Å²) in [7, 11) is 0. The fraction of sp³-hybridized carbons (Fsp3) is 0.750. The Balaban J connectivity index is 4.21. The van der Waals surface area contributed by atoms with Gasteiger partial charge in [-0.2, -0.15) is 0 Å². The summed E-state index contributed by atoms with van der Waals surface area (Å²) in [5, 5.41) is 0. The molecule has 0 aliphatic heterocycles. The molecule has 0 spiro atoms. The highest BCUT2D eigenvalue weighted by Crippen LogP contribution is 2.10. The van der Waals surface area contributed by atoms with Crippen LogP contribution in [-0.4, -0.2) is 29.7 Å². The molecule has 0 heterocycles. The van der Waals surface area contributed by atoms with Crippen molar-refractivity contribution in [2.45, 2.75) is 46.1 Å². The minimum Gasteiger partial charge on any atom is -0.444 e. The molecule has 0 saturated carbocycles. The minimum atomic E-state index is -0.419. The van der Waals surface area contributed by atoms with Gasteiger partial charge < -0.3 is 9.64 Å². The van der Waals surface area contributed by atoms with E-state index in [1.54, 1.807) is 4.90 Å². The van der Waals surface area contributed by atoms with Gasteiger partial charge in [-0.25, -0.2) is 4.79 Å². The first-order chi connectivity index (χ1) is 6.90. The van der Waals surface area contributed by atoms with Crippen molar-refractivity contribution in [3.8, 4) is 0 Å². The van der Waals surface area contributed by atoms with Crippen molar-refractivity contribution in [1.82, 2.24) is 4.90 Å². The molecule has 0 aromatic carbocycles. The second-order valence-electron chi connectivity index (χ2n) is 4.54. The van der Waals surface area contributed by atoms with E-state index < -0.39 is 5.60 Å². The molecular formula is C12H23NO2. The van der Waals surface area contributed by atoms with Crippen LogP contribution in [0.1, 0.15) is 40.5 Å². The summed E-state index contributed by atoms with van der Waals surface area (Å²) >= 11 is 0. The Morgan fingerprint density at radius 3 is 2.40 bits per heavy atom. The highest BCUT2D eigenvalue weighted by Gasteiger charge is 2.20. The van der Waals surface area contributed by atoms with E-state index in [0.29, 0.717) is 6.54 Å². The van der Waals surface area contributed by atoms with Crippen LogP contribution in [0, 0.1) is 0 Å². The average Bonchev–Trinajstić information content (AvgIpc) is 2.09. The van der Waals surface area contributed by atoms with Crippen molar-refractivity contribution in [2.24, 2.45) is 0 Å². The Labute approximate surface area is 93.1 Å². The van der Waals surface area contributed by atoms with Crippen LogP contribution in [0.25, 0.3) is 0 Å². The van der Waals surface area contributed by atoms with Gasteiger partial charge in [0.05, 0.1) is 0 Å². The van der Waals surface area contributed by atoms with Crippen LogP contribution in [0.5, 0.6) is 0 Å². The lowest BCUT2D eigenvalue weighted by Gasteiger charge is -2.26. The Kier molecular flexibility index (Phi) is 6.06. The highest BCUT2D eigenvalue weighted by molar-refractivity contribution is 5.68. The summed E-state index contributed by atoms with van der Waals surface area (Å²) in [6, 6.07) is 0. The molecule has 0 rings (SSSR count). The zero-order valence-electron chi connectivity index (χ0n) is 10.4. The number of carbonyl (C=O) groups excluding carboxylic acids is 1. The molecule has 0 unspecified atom stereocenters. The lowest BCUT2D eigenvalue weighted by molar-refractivity contribution is 0.0253. The number of carbonyl (C=O) groups is 1. The van der Waals surface area contributed by atoms with Gasteiger partial charge in [-0.05, 0) is 33.6 Å². The standard InChI is InChI=1S/C12H23NO2/c1-6-8-10-13(9-7-2)11(14)15-12(3,4)5/h6H,1,7-10H2,2-5H3. The lowest BCUT2D eigenvalue weighted by atomic mass is 10.2. The summed E-state index contributed by atoms with van der Waals surface area (Å²) in [4.78, 5) is 13.5. The Hall–Kier alpha value is -0.990. The molecule has 0 radical (unpaired) electrons. The van der Waals surface area contributed by atoms with Crippen LogP contribution >= 0.6 is 0 Å². The fourth-order valence-corrected chi connectivity index (χ4v) is 1.14. The first-order valence-electron chi connectivity index (χ1n) is 5.49. The van der Waals surface area contributed by atoms with Crippen LogP contribution < -0.4 is 0 Å². The molecule has 0 aromatic heterocycles.